The Kier molecular flexibility index (Phi) is 4.45. The summed E-state index contributed by atoms with van der Waals surface area (Å²) in [4.78, 5) is 20.8. The molecule has 0 atom stereocenters. The number of nitrogens with zero attached hydrogens (tertiary/aromatic N) is 4. The number of hydrogen-bond acceptors (Lipinski definition) is 4. The lowest BCUT2D eigenvalue weighted by atomic mass is 10.0. The van der Waals surface area contributed by atoms with Crippen LogP contribution >= 0.6 is 0 Å². The van der Waals surface area contributed by atoms with Gasteiger partial charge in [-0.2, -0.15) is 0 Å². The Morgan fingerprint density at radius 2 is 1.95 bits per heavy atom. The Bertz CT molecular complexity index is 454. The molecule has 1 aliphatic rings. The number of hydrogen-bond donors (Lipinski definition) is 1. The largest absolute Gasteiger partial charge is 0.335 e. The molecule has 6 nitrogen and oxygen atoms in total. The van der Waals surface area contributed by atoms with Gasteiger partial charge in [-0.1, -0.05) is 0 Å². The highest BCUT2D eigenvalue weighted by Crippen LogP contribution is 2.16. The van der Waals surface area contributed by atoms with Gasteiger partial charge in [0.05, 0.1) is 6.33 Å². The van der Waals surface area contributed by atoms with E-state index in [1.54, 1.807) is 12.5 Å². The second kappa shape index (κ2) is 5.93. The molecule has 0 spiro atoms. The molecule has 1 fully saturated rings. The number of carbonyl (C=O) groups excluding carboxylic acids is 1. The van der Waals surface area contributed by atoms with Gasteiger partial charge in [-0.3, -0.25) is 9.69 Å². The minimum absolute atomic E-state index is 0.0225. The molecule has 0 aliphatic carbocycles. The van der Waals surface area contributed by atoms with Crippen LogP contribution < -0.4 is 5.73 Å². The maximum atomic E-state index is 12.4. The summed E-state index contributed by atoms with van der Waals surface area (Å²) in [6.45, 7) is 11.2. The lowest BCUT2D eigenvalue weighted by Crippen LogP contribution is -2.54. The first kappa shape index (κ1) is 15.0. The molecule has 112 valence electrons. The summed E-state index contributed by atoms with van der Waals surface area (Å²) in [5, 5.41) is 0. The van der Waals surface area contributed by atoms with Gasteiger partial charge in [0.25, 0.3) is 5.91 Å². The standard InChI is InChI=1S/C14H25N5O/c1-14(2,3)19-8-6-18(7-9-19)13(20)12-10-17(5-4-15)11-16-12/h10-11H,4-9,15H2,1-3H3. The molecule has 0 bridgehead atoms. The highest BCUT2D eigenvalue weighted by Gasteiger charge is 2.28. The molecule has 1 aliphatic heterocycles. The number of piperazine rings is 1. The molecule has 1 aromatic heterocycles. The van der Waals surface area contributed by atoms with Crippen molar-refractivity contribution < 1.29 is 4.79 Å². The van der Waals surface area contributed by atoms with E-state index in [9.17, 15) is 4.79 Å². The van der Waals surface area contributed by atoms with Crippen LogP contribution in [0.1, 0.15) is 31.3 Å². The van der Waals surface area contributed by atoms with Gasteiger partial charge in [-0.25, -0.2) is 4.98 Å². The van der Waals surface area contributed by atoms with Crippen LogP contribution in [0.3, 0.4) is 0 Å². The van der Waals surface area contributed by atoms with Crippen LogP contribution in [0.2, 0.25) is 0 Å². The van der Waals surface area contributed by atoms with Gasteiger partial charge >= 0.3 is 0 Å². The van der Waals surface area contributed by atoms with Crippen LogP contribution in [0, 0.1) is 0 Å². The predicted octanol–water partition coefficient (Wildman–Crippen LogP) is 0.398. The Morgan fingerprint density at radius 1 is 1.30 bits per heavy atom. The van der Waals surface area contributed by atoms with E-state index in [-0.39, 0.29) is 11.4 Å². The second-order valence-electron chi connectivity index (χ2n) is 6.24. The van der Waals surface area contributed by atoms with Crippen molar-refractivity contribution >= 4 is 5.91 Å². The van der Waals surface area contributed by atoms with Gasteiger partial charge in [0.1, 0.15) is 5.69 Å². The first-order chi connectivity index (χ1) is 9.41. The Balaban J connectivity index is 1.94. The van der Waals surface area contributed by atoms with Crippen molar-refractivity contribution in [2.45, 2.75) is 32.9 Å². The quantitative estimate of drug-likeness (QED) is 0.869. The van der Waals surface area contributed by atoms with Gasteiger partial charge in [-0.15, -0.1) is 0 Å². The van der Waals surface area contributed by atoms with E-state index in [4.69, 9.17) is 5.73 Å². The van der Waals surface area contributed by atoms with Crippen molar-refractivity contribution in [1.82, 2.24) is 19.4 Å². The summed E-state index contributed by atoms with van der Waals surface area (Å²) < 4.78 is 1.86. The summed E-state index contributed by atoms with van der Waals surface area (Å²) >= 11 is 0. The van der Waals surface area contributed by atoms with Crippen LogP contribution in [0.5, 0.6) is 0 Å². The molecule has 0 saturated carbocycles. The minimum atomic E-state index is 0.0225. The average Bonchev–Trinajstić information content (AvgIpc) is 2.86. The lowest BCUT2D eigenvalue weighted by Gasteiger charge is -2.42. The number of amides is 1. The van der Waals surface area contributed by atoms with Crippen molar-refractivity contribution in [1.29, 1.82) is 0 Å². The zero-order valence-electron chi connectivity index (χ0n) is 12.7. The van der Waals surface area contributed by atoms with E-state index in [2.05, 4.69) is 30.7 Å². The molecule has 1 aromatic rings. The van der Waals surface area contributed by atoms with E-state index >= 15 is 0 Å². The molecule has 1 saturated heterocycles. The highest BCUT2D eigenvalue weighted by molar-refractivity contribution is 5.92. The fraction of sp³-hybridized carbons (Fsp3) is 0.714. The molecule has 1 amide bonds. The Morgan fingerprint density at radius 3 is 2.50 bits per heavy atom. The molecule has 2 heterocycles. The number of rotatable bonds is 3. The molecule has 0 aromatic carbocycles. The maximum Gasteiger partial charge on any atom is 0.274 e. The molecule has 20 heavy (non-hydrogen) atoms. The van der Waals surface area contributed by atoms with Crippen LogP contribution in [0.15, 0.2) is 12.5 Å². The first-order valence-electron chi connectivity index (χ1n) is 7.18. The third-order valence-electron chi connectivity index (χ3n) is 3.76. The predicted molar refractivity (Wildman–Crippen MR) is 78.5 cm³/mol. The first-order valence-corrected chi connectivity index (χ1v) is 7.18. The van der Waals surface area contributed by atoms with Crippen LogP contribution in [0.4, 0.5) is 0 Å². The normalized spacial score (nSPS) is 17.5. The third-order valence-corrected chi connectivity index (χ3v) is 3.76. The number of nitrogens with two attached hydrogens (primary N) is 1. The zero-order valence-corrected chi connectivity index (χ0v) is 12.7. The SMILES string of the molecule is CC(C)(C)N1CCN(C(=O)c2cn(CCN)cn2)CC1. The van der Waals surface area contributed by atoms with Crippen LogP contribution in [-0.4, -0.2) is 63.5 Å². The summed E-state index contributed by atoms with van der Waals surface area (Å²) in [6, 6.07) is 0. The molecule has 2 rings (SSSR count). The van der Waals surface area contributed by atoms with Gasteiger partial charge in [0.15, 0.2) is 0 Å². The molecule has 0 unspecified atom stereocenters. The fourth-order valence-electron chi connectivity index (χ4n) is 2.48. The van der Waals surface area contributed by atoms with Crippen molar-refractivity contribution in [3.63, 3.8) is 0 Å². The summed E-state index contributed by atoms with van der Waals surface area (Å²) in [6.07, 6.45) is 3.46. The number of aromatic nitrogens is 2. The van der Waals surface area contributed by atoms with Gasteiger partial charge in [-0.05, 0) is 20.8 Å². The van der Waals surface area contributed by atoms with Crippen molar-refractivity contribution in [2.75, 3.05) is 32.7 Å². The summed E-state index contributed by atoms with van der Waals surface area (Å²) in [5.74, 6) is 0.0225. The van der Waals surface area contributed by atoms with Crippen molar-refractivity contribution in [3.8, 4) is 0 Å². The number of imidazole rings is 1. The molecular formula is C14H25N5O. The molecule has 2 N–H and O–H groups in total. The minimum Gasteiger partial charge on any atom is -0.335 e. The lowest BCUT2D eigenvalue weighted by molar-refractivity contribution is 0.0447. The van der Waals surface area contributed by atoms with E-state index in [1.807, 2.05) is 9.47 Å². The fourth-order valence-corrected chi connectivity index (χ4v) is 2.48. The maximum absolute atomic E-state index is 12.4. The van der Waals surface area contributed by atoms with E-state index in [1.165, 1.54) is 0 Å². The second-order valence-corrected chi connectivity index (χ2v) is 6.24. The third kappa shape index (κ3) is 3.37. The molecule has 6 heteroatoms. The smallest absolute Gasteiger partial charge is 0.274 e. The van der Waals surface area contributed by atoms with Crippen molar-refractivity contribution in [2.24, 2.45) is 5.73 Å². The Hall–Kier alpha value is -1.40. The van der Waals surface area contributed by atoms with E-state index in [0.29, 0.717) is 18.8 Å². The van der Waals surface area contributed by atoms with Gasteiger partial charge < -0.3 is 15.2 Å². The van der Waals surface area contributed by atoms with Crippen LogP contribution in [0.25, 0.3) is 0 Å². The van der Waals surface area contributed by atoms with E-state index < -0.39 is 0 Å². The topological polar surface area (TPSA) is 67.4 Å². The molecular weight excluding hydrogens is 254 g/mol. The number of carbonyl (C=O) groups is 1. The van der Waals surface area contributed by atoms with Crippen molar-refractivity contribution in [3.05, 3.63) is 18.2 Å². The van der Waals surface area contributed by atoms with E-state index in [0.717, 1.165) is 26.2 Å². The van der Waals surface area contributed by atoms with Gasteiger partial charge in [0, 0.05) is 51.0 Å². The summed E-state index contributed by atoms with van der Waals surface area (Å²) in [5.41, 5.74) is 6.18. The average molecular weight is 279 g/mol. The van der Waals surface area contributed by atoms with Gasteiger partial charge in [0.2, 0.25) is 0 Å². The Labute approximate surface area is 120 Å². The molecule has 0 radical (unpaired) electrons. The zero-order chi connectivity index (χ0) is 14.8. The monoisotopic (exact) mass is 279 g/mol. The summed E-state index contributed by atoms with van der Waals surface area (Å²) in [7, 11) is 0. The highest BCUT2D eigenvalue weighted by atomic mass is 16.2. The van der Waals surface area contributed by atoms with Crippen LogP contribution in [-0.2, 0) is 6.54 Å².